The molecule has 0 saturated carbocycles. The van der Waals surface area contributed by atoms with Crippen LogP contribution in [0.3, 0.4) is 0 Å². The van der Waals surface area contributed by atoms with Gasteiger partial charge in [0.25, 0.3) is 11.8 Å². The Morgan fingerprint density at radius 2 is 1.58 bits per heavy atom. The first kappa shape index (κ1) is 20.8. The molecule has 0 aromatic heterocycles. The summed E-state index contributed by atoms with van der Waals surface area (Å²) in [6.07, 6.45) is 0. The smallest absolute Gasteiger partial charge is 0.282 e. The predicted molar refractivity (Wildman–Crippen MR) is 117 cm³/mol. The van der Waals surface area contributed by atoms with Crippen LogP contribution in [0.2, 0.25) is 5.02 Å². The summed E-state index contributed by atoms with van der Waals surface area (Å²) in [7, 11) is 0. The Labute approximate surface area is 182 Å². The molecule has 0 fully saturated rings. The molecule has 1 heterocycles. The van der Waals surface area contributed by atoms with E-state index in [0.717, 1.165) is 23.3 Å². The van der Waals surface area contributed by atoms with Crippen molar-refractivity contribution in [2.24, 2.45) is 0 Å². The maximum atomic E-state index is 14.4. The third-order valence-corrected chi connectivity index (χ3v) is 5.42. The van der Waals surface area contributed by atoms with Crippen LogP contribution in [0.5, 0.6) is 0 Å². The molecule has 0 spiro atoms. The van der Waals surface area contributed by atoms with E-state index < -0.39 is 23.4 Å². The fourth-order valence-corrected chi connectivity index (χ4v) is 3.51. The van der Waals surface area contributed by atoms with Crippen molar-refractivity contribution in [3.63, 3.8) is 0 Å². The van der Waals surface area contributed by atoms with Gasteiger partial charge in [-0.3, -0.25) is 9.59 Å². The van der Waals surface area contributed by atoms with Gasteiger partial charge in [0.1, 0.15) is 17.3 Å². The van der Waals surface area contributed by atoms with Gasteiger partial charge in [0.2, 0.25) is 0 Å². The molecule has 2 amide bonds. The van der Waals surface area contributed by atoms with Crippen molar-refractivity contribution in [1.82, 2.24) is 0 Å². The van der Waals surface area contributed by atoms with Crippen molar-refractivity contribution in [2.75, 3.05) is 10.2 Å². The Hall–Kier alpha value is -3.51. The van der Waals surface area contributed by atoms with Gasteiger partial charge in [-0.25, -0.2) is 13.7 Å². The first-order chi connectivity index (χ1) is 14.8. The number of amides is 2. The lowest BCUT2D eigenvalue weighted by Crippen LogP contribution is -2.33. The second kappa shape index (κ2) is 7.96. The van der Waals surface area contributed by atoms with Crippen molar-refractivity contribution in [3.8, 4) is 0 Å². The molecule has 1 N–H and O–H groups in total. The number of nitrogens with one attached hydrogen (secondary N) is 1. The molecule has 0 bridgehead atoms. The molecule has 0 radical (unpaired) electrons. The molecule has 1 aliphatic rings. The first-order valence-corrected chi connectivity index (χ1v) is 9.82. The quantitative estimate of drug-likeness (QED) is 0.537. The molecule has 0 aliphatic carbocycles. The fourth-order valence-electron chi connectivity index (χ4n) is 3.33. The topological polar surface area (TPSA) is 49.4 Å². The summed E-state index contributed by atoms with van der Waals surface area (Å²) >= 11 is 6.19. The van der Waals surface area contributed by atoms with Gasteiger partial charge < -0.3 is 5.32 Å². The van der Waals surface area contributed by atoms with Gasteiger partial charge in [0.05, 0.1) is 11.3 Å². The molecular formula is C24H17ClF2N2O2. The third kappa shape index (κ3) is 3.82. The summed E-state index contributed by atoms with van der Waals surface area (Å²) in [4.78, 5) is 27.2. The predicted octanol–water partition coefficient (Wildman–Crippen LogP) is 5.63. The number of halogens is 3. The number of hydrogen-bond acceptors (Lipinski definition) is 3. The van der Waals surface area contributed by atoms with Crippen LogP contribution in [0.25, 0.3) is 5.57 Å². The second-order valence-electron chi connectivity index (χ2n) is 7.25. The largest absolute Gasteiger partial charge is 0.350 e. The van der Waals surface area contributed by atoms with Crippen molar-refractivity contribution in [1.29, 1.82) is 0 Å². The molecule has 7 heteroatoms. The minimum absolute atomic E-state index is 0.0162. The lowest BCUT2D eigenvalue weighted by Gasteiger charge is -2.16. The van der Waals surface area contributed by atoms with Crippen LogP contribution in [0.1, 0.15) is 16.7 Å². The Kier molecular flexibility index (Phi) is 5.33. The minimum Gasteiger partial charge on any atom is -0.350 e. The Balaban J connectivity index is 1.84. The number of hydrogen-bond donors (Lipinski definition) is 1. The van der Waals surface area contributed by atoms with Crippen LogP contribution in [0, 0.1) is 25.5 Å². The van der Waals surface area contributed by atoms with E-state index in [4.69, 9.17) is 11.6 Å². The molecule has 0 saturated heterocycles. The van der Waals surface area contributed by atoms with E-state index >= 15 is 0 Å². The fraction of sp³-hybridized carbons (Fsp3) is 0.0833. The molecule has 156 valence electrons. The van der Waals surface area contributed by atoms with E-state index in [2.05, 4.69) is 5.32 Å². The summed E-state index contributed by atoms with van der Waals surface area (Å²) in [5.41, 5.74) is 2.57. The maximum absolute atomic E-state index is 14.4. The second-order valence-corrected chi connectivity index (χ2v) is 7.65. The van der Waals surface area contributed by atoms with Crippen molar-refractivity contribution in [2.45, 2.75) is 13.8 Å². The molecular weight excluding hydrogens is 422 g/mol. The van der Waals surface area contributed by atoms with Gasteiger partial charge in [-0.05, 0) is 49.2 Å². The highest BCUT2D eigenvalue weighted by Crippen LogP contribution is 2.35. The van der Waals surface area contributed by atoms with Gasteiger partial charge in [-0.2, -0.15) is 0 Å². The Morgan fingerprint density at radius 3 is 2.23 bits per heavy atom. The summed E-state index contributed by atoms with van der Waals surface area (Å²) < 4.78 is 27.8. The van der Waals surface area contributed by atoms with E-state index in [0.29, 0.717) is 27.2 Å². The number of benzene rings is 3. The van der Waals surface area contributed by atoms with Crippen LogP contribution in [-0.2, 0) is 9.59 Å². The van der Waals surface area contributed by atoms with E-state index in [-0.39, 0.29) is 17.0 Å². The molecule has 1 aliphatic heterocycles. The monoisotopic (exact) mass is 438 g/mol. The van der Waals surface area contributed by atoms with E-state index in [1.807, 2.05) is 26.0 Å². The lowest BCUT2D eigenvalue weighted by molar-refractivity contribution is -0.120. The molecule has 31 heavy (non-hydrogen) atoms. The van der Waals surface area contributed by atoms with Gasteiger partial charge >= 0.3 is 0 Å². The van der Waals surface area contributed by atoms with Crippen LogP contribution in [-0.4, -0.2) is 11.8 Å². The minimum atomic E-state index is -1.01. The molecule has 3 aromatic carbocycles. The van der Waals surface area contributed by atoms with E-state index in [1.165, 1.54) is 0 Å². The van der Waals surface area contributed by atoms with Crippen LogP contribution in [0.15, 0.2) is 66.4 Å². The zero-order valence-electron chi connectivity index (χ0n) is 16.7. The highest BCUT2D eigenvalue weighted by molar-refractivity contribution is 6.46. The molecule has 3 aromatic rings. The van der Waals surface area contributed by atoms with Crippen LogP contribution >= 0.6 is 11.6 Å². The third-order valence-electron chi connectivity index (χ3n) is 5.02. The molecule has 0 atom stereocenters. The number of carbonyl (C=O) groups is 2. The highest BCUT2D eigenvalue weighted by Gasteiger charge is 2.41. The average Bonchev–Trinajstić information content (AvgIpc) is 2.96. The summed E-state index contributed by atoms with van der Waals surface area (Å²) in [5, 5.41) is 3.46. The van der Waals surface area contributed by atoms with Gasteiger partial charge in [-0.1, -0.05) is 47.5 Å². The molecule has 0 unspecified atom stereocenters. The number of carbonyl (C=O) groups excluding carboxylic acids is 2. The van der Waals surface area contributed by atoms with Gasteiger partial charge in [-0.15, -0.1) is 0 Å². The highest BCUT2D eigenvalue weighted by atomic mass is 35.5. The number of imide groups is 1. The van der Waals surface area contributed by atoms with Crippen molar-refractivity contribution < 1.29 is 18.4 Å². The number of nitrogens with zero attached hydrogens (tertiary/aromatic N) is 1. The number of aryl methyl sites for hydroxylation is 2. The Bertz CT molecular complexity index is 1250. The zero-order chi connectivity index (χ0) is 22.3. The lowest BCUT2D eigenvalue weighted by atomic mass is 10.0. The normalized spacial score (nSPS) is 13.9. The van der Waals surface area contributed by atoms with Gasteiger partial charge in [0.15, 0.2) is 0 Å². The van der Waals surface area contributed by atoms with Crippen molar-refractivity contribution >= 4 is 40.4 Å². The van der Waals surface area contributed by atoms with E-state index in [9.17, 15) is 18.4 Å². The SMILES string of the molecule is Cc1ccc(C2=C(Nc3ccc(C)c(Cl)c3)C(=O)N(c3ccc(F)cc3F)C2=O)cc1. The number of rotatable bonds is 4. The summed E-state index contributed by atoms with van der Waals surface area (Å²) in [6, 6.07) is 14.9. The molecule has 4 rings (SSSR count). The Morgan fingerprint density at radius 1 is 0.871 bits per heavy atom. The van der Waals surface area contributed by atoms with E-state index in [1.54, 1.807) is 30.3 Å². The maximum Gasteiger partial charge on any atom is 0.282 e. The summed E-state index contributed by atoms with van der Waals surface area (Å²) in [6.45, 7) is 3.74. The summed E-state index contributed by atoms with van der Waals surface area (Å²) in [5.74, 6) is -3.27. The average molecular weight is 439 g/mol. The standard InChI is InChI=1S/C24H17ClF2N2O2/c1-13-3-6-15(7-4-13)21-22(28-17-9-5-14(2)18(25)12-17)24(31)29(23(21)30)20-10-8-16(26)11-19(20)27/h3-12,28H,1-2H3. The zero-order valence-corrected chi connectivity index (χ0v) is 17.4. The molecule has 4 nitrogen and oxygen atoms in total. The first-order valence-electron chi connectivity index (χ1n) is 9.44. The van der Waals surface area contributed by atoms with Crippen LogP contribution < -0.4 is 10.2 Å². The number of anilines is 2. The van der Waals surface area contributed by atoms with Crippen LogP contribution in [0.4, 0.5) is 20.2 Å². The van der Waals surface area contributed by atoms with Gasteiger partial charge in [0, 0.05) is 16.8 Å². The van der Waals surface area contributed by atoms with Crippen molar-refractivity contribution in [3.05, 3.63) is 99.7 Å².